The maximum absolute atomic E-state index is 17.4. The Morgan fingerprint density at radius 1 is 1.25 bits per heavy atom. The molecule has 1 saturated heterocycles. The lowest BCUT2D eigenvalue weighted by molar-refractivity contribution is -0.223. The molecule has 1 aromatic carbocycles. The van der Waals surface area contributed by atoms with E-state index in [4.69, 9.17) is 4.84 Å². The fraction of sp³-hybridized carbons (Fsp3) is 0.586. The van der Waals surface area contributed by atoms with Gasteiger partial charge in [-0.15, -0.1) is 0 Å². The number of carbonyl (C=O) groups excluding carboxylic acids is 2. The van der Waals surface area contributed by atoms with E-state index >= 15 is 4.39 Å². The molecular weight excluding hydrogens is 461 g/mol. The van der Waals surface area contributed by atoms with Crippen LogP contribution in [0.4, 0.5) is 10.1 Å². The molecule has 0 amide bonds. The topological polar surface area (TPSA) is 87.1 Å². The minimum atomic E-state index is -1.96. The van der Waals surface area contributed by atoms with Crippen molar-refractivity contribution >= 4 is 17.3 Å². The minimum Gasteiger partial charge on any atom is -0.390 e. The molecule has 1 aromatic rings. The molecule has 4 aliphatic carbocycles. The molecule has 2 N–H and O–H groups in total. The Balaban J connectivity index is 1.44. The Labute approximate surface area is 210 Å². The summed E-state index contributed by atoms with van der Waals surface area (Å²) in [6.07, 6.45) is 4.92. The van der Waals surface area contributed by atoms with E-state index < -0.39 is 46.5 Å². The lowest BCUT2D eigenvalue weighted by Gasteiger charge is -2.62. The van der Waals surface area contributed by atoms with E-state index in [1.807, 2.05) is 38.1 Å². The number of nitrogens with zero attached hydrogens (tertiary/aromatic N) is 1. The number of fused-ring (bicyclic) bond motifs is 7. The highest BCUT2D eigenvalue weighted by Crippen LogP contribution is 2.72. The molecule has 0 aromatic heterocycles. The molecule has 0 radical (unpaired) electrons. The maximum atomic E-state index is 17.4. The van der Waals surface area contributed by atoms with Crippen LogP contribution in [0.2, 0.25) is 0 Å². The average molecular weight is 496 g/mol. The van der Waals surface area contributed by atoms with E-state index in [0.29, 0.717) is 25.8 Å². The number of Topliss-reactive ketones (excluding diaryl/α,β-unsaturated/α-hetero) is 1. The number of aryl methyl sites for hydroxylation is 1. The van der Waals surface area contributed by atoms with Crippen molar-refractivity contribution in [2.45, 2.75) is 63.8 Å². The van der Waals surface area contributed by atoms with E-state index in [-0.39, 0.29) is 24.0 Å². The summed E-state index contributed by atoms with van der Waals surface area (Å²) < 4.78 is 17.4. The summed E-state index contributed by atoms with van der Waals surface area (Å²) in [6.45, 7) is 5.51. The Morgan fingerprint density at radius 2 is 2.00 bits per heavy atom. The number of benzene rings is 1. The Bertz CT molecular complexity index is 1210. The van der Waals surface area contributed by atoms with E-state index in [1.54, 1.807) is 18.1 Å². The molecule has 0 unspecified atom stereocenters. The van der Waals surface area contributed by atoms with Crippen LogP contribution in [0, 0.1) is 35.5 Å². The number of carbonyl (C=O) groups is 2. The van der Waals surface area contributed by atoms with Gasteiger partial charge in [-0.05, 0) is 69.2 Å². The second kappa shape index (κ2) is 7.59. The van der Waals surface area contributed by atoms with Crippen LogP contribution in [0.3, 0.4) is 0 Å². The first kappa shape index (κ1) is 24.0. The van der Waals surface area contributed by atoms with E-state index in [9.17, 15) is 19.8 Å². The fourth-order valence-electron chi connectivity index (χ4n) is 8.86. The van der Waals surface area contributed by atoms with Crippen LogP contribution < -0.4 is 5.06 Å². The standard InChI is InChI=1S/C29H34FNO5/c1-17-6-4-5-7-23(17)31-15-19-13-22-21-9-8-18-12-20(33)10-11-26(18,2)28(21,30)24(34)14-27(22,3)29(19,36-31)25(35)16-32/h4-7,10-12,19,21-22,24,32,34H,8-9,13-16H2,1-3H3/t19-,21-,22-,24-,26-,27-,28-,29-/m0/s1. The zero-order chi connectivity index (χ0) is 25.7. The number of aliphatic hydroxyl groups is 2. The van der Waals surface area contributed by atoms with Gasteiger partial charge in [0.15, 0.2) is 22.8 Å². The summed E-state index contributed by atoms with van der Waals surface area (Å²) in [4.78, 5) is 32.2. The number of allylic oxidation sites excluding steroid dienone is 4. The van der Waals surface area contributed by atoms with Gasteiger partial charge >= 0.3 is 0 Å². The number of hydroxylamine groups is 1. The monoisotopic (exact) mass is 495 g/mol. The van der Waals surface area contributed by atoms with Gasteiger partial charge in [-0.25, -0.2) is 4.39 Å². The smallest absolute Gasteiger partial charge is 0.193 e. The predicted molar refractivity (Wildman–Crippen MR) is 132 cm³/mol. The molecule has 0 bridgehead atoms. The molecule has 5 aliphatic rings. The summed E-state index contributed by atoms with van der Waals surface area (Å²) in [5.41, 5.74) is -2.63. The molecule has 6 nitrogen and oxygen atoms in total. The Kier molecular flexibility index (Phi) is 5.06. The van der Waals surface area contributed by atoms with Crippen LogP contribution >= 0.6 is 0 Å². The molecule has 8 atom stereocenters. The highest BCUT2D eigenvalue weighted by atomic mass is 19.1. The Hall–Kier alpha value is -2.35. The zero-order valence-electron chi connectivity index (χ0n) is 21.0. The number of halogens is 1. The van der Waals surface area contributed by atoms with E-state index in [2.05, 4.69) is 0 Å². The van der Waals surface area contributed by atoms with Crippen LogP contribution in [-0.2, 0) is 14.4 Å². The summed E-state index contributed by atoms with van der Waals surface area (Å²) >= 11 is 0. The van der Waals surface area contributed by atoms with E-state index in [0.717, 1.165) is 16.8 Å². The lowest BCUT2D eigenvalue weighted by atomic mass is 9.44. The summed E-state index contributed by atoms with van der Waals surface area (Å²) in [6, 6.07) is 7.79. The summed E-state index contributed by atoms with van der Waals surface area (Å²) in [5.74, 6) is -1.51. The number of aliphatic hydroxyl groups excluding tert-OH is 2. The van der Waals surface area contributed by atoms with Gasteiger partial charge in [0.1, 0.15) is 6.61 Å². The van der Waals surface area contributed by atoms with Crippen molar-refractivity contribution in [1.82, 2.24) is 0 Å². The molecule has 36 heavy (non-hydrogen) atoms. The SMILES string of the molecule is Cc1ccccc1N1C[C@@H]2C[C@H]3[C@@H]4CCC5=CC(=O)C=C[C@]5(C)[C@@]4(F)[C@@H](O)C[C@]3(C)[C@]2(C(=O)CO)O1. The lowest BCUT2D eigenvalue weighted by Crippen LogP contribution is -2.69. The van der Waals surface area contributed by atoms with Crippen molar-refractivity contribution in [3.05, 3.63) is 53.6 Å². The first-order valence-corrected chi connectivity index (χ1v) is 13.0. The molecule has 3 saturated carbocycles. The van der Waals surface area contributed by atoms with Crippen molar-refractivity contribution < 1.29 is 29.0 Å². The van der Waals surface area contributed by atoms with Gasteiger partial charge in [0.25, 0.3) is 0 Å². The van der Waals surface area contributed by atoms with E-state index in [1.165, 1.54) is 12.2 Å². The molecule has 192 valence electrons. The van der Waals surface area contributed by atoms with Crippen LogP contribution in [0.5, 0.6) is 0 Å². The molecular formula is C29H34FNO5. The Morgan fingerprint density at radius 3 is 2.72 bits per heavy atom. The van der Waals surface area contributed by atoms with Gasteiger partial charge in [0.2, 0.25) is 0 Å². The molecule has 0 spiro atoms. The number of hydrogen-bond donors (Lipinski definition) is 2. The fourth-order valence-corrected chi connectivity index (χ4v) is 8.86. The van der Waals surface area contributed by atoms with Gasteiger partial charge in [0.05, 0.1) is 18.3 Å². The largest absolute Gasteiger partial charge is 0.390 e. The van der Waals surface area contributed by atoms with Crippen LogP contribution in [0.15, 0.2) is 48.1 Å². The first-order valence-electron chi connectivity index (χ1n) is 13.0. The highest BCUT2D eigenvalue weighted by Gasteiger charge is 2.78. The van der Waals surface area contributed by atoms with Gasteiger partial charge < -0.3 is 10.2 Å². The summed E-state index contributed by atoms with van der Waals surface area (Å²) in [5, 5.41) is 23.4. The van der Waals surface area contributed by atoms with Crippen LogP contribution in [0.1, 0.15) is 45.1 Å². The average Bonchev–Trinajstić information content (AvgIpc) is 3.34. The molecule has 1 aliphatic heterocycles. The van der Waals surface area contributed by atoms with Gasteiger partial charge in [-0.2, -0.15) is 0 Å². The number of ketones is 2. The first-order chi connectivity index (χ1) is 17.0. The van der Waals surface area contributed by atoms with Crippen LogP contribution in [-0.4, -0.2) is 52.3 Å². The van der Waals surface area contributed by atoms with Crippen molar-refractivity contribution in [3.8, 4) is 0 Å². The molecule has 7 heteroatoms. The third kappa shape index (κ3) is 2.66. The second-order valence-corrected chi connectivity index (χ2v) is 12.0. The third-order valence-corrected chi connectivity index (χ3v) is 10.6. The number of alkyl halides is 1. The van der Waals surface area contributed by atoms with Gasteiger partial charge in [-0.1, -0.05) is 36.8 Å². The van der Waals surface area contributed by atoms with Gasteiger partial charge in [-0.3, -0.25) is 19.5 Å². The van der Waals surface area contributed by atoms with Crippen molar-refractivity contribution in [3.63, 3.8) is 0 Å². The number of para-hydroxylation sites is 1. The van der Waals surface area contributed by atoms with Crippen molar-refractivity contribution in [1.29, 1.82) is 0 Å². The zero-order valence-corrected chi connectivity index (χ0v) is 21.0. The van der Waals surface area contributed by atoms with Crippen LogP contribution in [0.25, 0.3) is 0 Å². The highest BCUT2D eigenvalue weighted by molar-refractivity contribution is 6.01. The normalized spacial score (nSPS) is 45.0. The second-order valence-electron chi connectivity index (χ2n) is 12.0. The predicted octanol–water partition coefficient (Wildman–Crippen LogP) is 3.64. The molecule has 6 rings (SSSR count). The number of rotatable bonds is 3. The van der Waals surface area contributed by atoms with Crippen molar-refractivity contribution in [2.75, 3.05) is 18.2 Å². The minimum absolute atomic E-state index is 0.0408. The number of anilines is 1. The maximum Gasteiger partial charge on any atom is 0.193 e. The molecule has 1 heterocycles. The van der Waals surface area contributed by atoms with Crippen molar-refractivity contribution in [2.24, 2.45) is 28.6 Å². The number of hydrogen-bond acceptors (Lipinski definition) is 6. The summed E-state index contributed by atoms with van der Waals surface area (Å²) in [7, 11) is 0. The quantitative estimate of drug-likeness (QED) is 0.666. The third-order valence-electron chi connectivity index (χ3n) is 10.6. The van der Waals surface area contributed by atoms with Gasteiger partial charge in [0, 0.05) is 22.7 Å². The molecule has 4 fully saturated rings.